The van der Waals surface area contributed by atoms with Crippen molar-refractivity contribution in [2.24, 2.45) is 0 Å². The Balaban J connectivity index is 0.807. The van der Waals surface area contributed by atoms with E-state index in [-0.39, 0.29) is 0 Å². The Kier molecular flexibility index (Phi) is 8.30. The Morgan fingerprint density at radius 3 is 1.38 bits per heavy atom. The van der Waals surface area contributed by atoms with Crippen molar-refractivity contribution in [1.82, 2.24) is 4.40 Å². The predicted octanol–water partition coefficient (Wildman–Crippen LogP) is 20.9. The van der Waals surface area contributed by atoms with Crippen LogP contribution >= 0.6 is 0 Å². The van der Waals surface area contributed by atoms with Crippen molar-refractivity contribution in [3.63, 3.8) is 0 Å². The van der Waals surface area contributed by atoms with Gasteiger partial charge in [0, 0.05) is 111 Å². The van der Waals surface area contributed by atoms with E-state index in [1.54, 1.807) is 0 Å². The fourth-order valence-corrected chi connectivity index (χ4v) is 13.2. The molecule has 0 saturated carbocycles. The molecule has 0 radical (unpaired) electrons. The highest BCUT2D eigenvalue weighted by atomic mass is 16.3. The monoisotopic (exact) mass is 995 g/mol. The summed E-state index contributed by atoms with van der Waals surface area (Å²) in [5.74, 6) is 0. The number of rotatable bonds is 6. The molecule has 6 nitrogen and oxygen atoms in total. The smallest absolute Gasteiger partial charge is 0.143 e. The lowest BCUT2D eigenvalue weighted by atomic mass is 9.99. The zero-order valence-corrected chi connectivity index (χ0v) is 41.7. The van der Waals surface area contributed by atoms with Gasteiger partial charge in [-0.3, -0.25) is 0 Å². The summed E-state index contributed by atoms with van der Waals surface area (Å²) in [4.78, 5) is 4.68. The molecule has 0 saturated heterocycles. The van der Waals surface area contributed by atoms with Crippen LogP contribution in [0.2, 0.25) is 0 Å². The van der Waals surface area contributed by atoms with Crippen LogP contribution in [-0.2, 0) is 0 Å². The molecule has 0 atom stereocenters. The maximum Gasteiger partial charge on any atom is 0.143 e. The first-order chi connectivity index (χ1) is 38.7. The fraction of sp³-hybridized carbons (Fsp3) is 0. The maximum absolute atomic E-state index is 6.99. The summed E-state index contributed by atoms with van der Waals surface area (Å²) in [6.07, 6.45) is 0. The van der Waals surface area contributed by atoms with E-state index in [0.717, 1.165) is 132 Å². The van der Waals surface area contributed by atoms with Crippen molar-refractivity contribution in [2.45, 2.75) is 0 Å². The van der Waals surface area contributed by atoms with Crippen molar-refractivity contribution >= 4 is 170 Å². The molecular weight excluding hydrogens is 955 g/mol. The fourth-order valence-electron chi connectivity index (χ4n) is 13.2. The van der Waals surface area contributed by atoms with Gasteiger partial charge in [0.2, 0.25) is 0 Å². The third-order valence-electron chi connectivity index (χ3n) is 16.6. The Labute approximate surface area is 444 Å². The molecule has 0 amide bonds. The minimum absolute atomic E-state index is 0.825. The molecule has 0 N–H and O–H groups in total. The molecule has 0 aliphatic heterocycles. The van der Waals surface area contributed by atoms with E-state index < -0.39 is 0 Å². The van der Waals surface area contributed by atoms with Gasteiger partial charge in [-0.2, -0.15) is 0 Å². The Hall–Kier alpha value is -10.6. The van der Waals surface area contributed by atoms with Crippen LogP contribution in [0.25, 0.3) is 136 Å². The topological polar surface area (TPSA) is 50.3 Å². The minimum Gasteiger partial charge on any atom is -0.456 e. The highest BCUT2D eigenvalue weighted by Gasteiger charge is 2.26. The van der Waals surface area contributed by atoms with E-state index >= 15 is 0 Å². The van der Waals surface area contributed by atoms with Gasteiger partial charge in [0.25, 0.3) is 0 Å². The van der Waals surface area contributed by atoms with Crippen LogP contribution < -0.4 is 9.80 Å². The summed E-state index contributed by atoms with van der Waals surface area (Å²) in [6.45, 7) is 0. The molecule has 0 aliphatic rings. The summed E-state index contributed by atoms with van der Waals surface area (Å²) in [5, 5.41) is 18.3. The van der Waals surface area contributed by atoms with Gasteiger partial charge in [-0.1, -0.05) is 127 Å². The molecule has 78 heavy (non-hydrogen) atoms. The average molecular weight is 996 g/mol. The lowest BCUT2D eigenvalue weighted by molar-refractivity contribution is 0.669. The van der Waals surface area contributed by atoms with E-state index in [2.05, 4.69) is 263 Å². The standard InChI is InChI=1S/C72H41N3O3/c1-3-15-45(16-4-1)73(48-26-31-52-55-29-23-42-13-7-9-19-50(42)71(55)77-65(52)39-48)47-27-33-54-60-37-44-25-35-62-68(59(44)41-67(60)76-64(54)38-47)58-34-36-63(69-57-21-11-12-22-61(57)75(62)70(58)69)74(46-17-5-2-6-18-46)49-28-32-53-56-30-24-43-14-8-10-20-51(43)72(56)78-66(53)40-49/h1-41H. The lowest BCUT2D eigenvalue weighted by Crippen LogP contribution is -2.10. The summed E-state index contributed by atoms with van der Waals surface area (Å²) in [5.41, 5.74) is 14.9. The van der Waals surface area contributed by atoms with Gasteiger partial charge < -0.3 is 27.5 Å². The van der Waals surface area contributed by atoms with Crippen LogP contribution in [-0.4, -0.2) is 4.40 Å². The van der Waals surface area contributed by atoms with Crippen molar-refractivity contribution in [1.29, 1.82) is 0 Å². The van der Waals surface area contributed by atoms with Crippen LogP contribution in [0.5, 0.6) is 0 Å². The molecule has 18 rings (SSSR count). The van der Waals surface area contributed by atoms with Crippen molar-refractivity contribution in [3.05, 3.63) is 249 Å². The van der Waals surface area contributed by atoms with Gasteiger partial charge in [0.05, 0.1) is 22.2 Å². The van der Waals surface area contributed by atoms with Crippen LogP contribution in [0.3, 0.4) is 0 Å². The maximum atomic E-state index is 6.99. The van der Waals surface area contributed by atoms with E-state index in [0.29, 0.717) is 0 Å². The van der Waals surface area contributed by atoms with E-state index in [1.165, 1.54) is 38.0 Å². The van der Waals surface area contributed by atoms with Crippen molar-refractivity contribution < 1.29 is 13.3 Å². The third kappa shape index (κ3) is 5.75. The molecule has 5 heterocycles. The van der Waals surface area contributed by atoms with Gasteiger partial charge in [-0.05, 0) is 125 Å². The number of anilines is 6. The van der Waals surface area contributed by atoms with Crippen LogP contribution in [0, 0.1) is 0 Å². The van der Waals surface area contributed by atoms with Crippen LogP contribution in [0.4, 0.5) is 34.1 Å². The second-order valence-electron chi connectivity index (χ2n) is 20.8. The lowest BCUT2D eigenvalue weighted by Gasteiger charge is -2.26. The molecule has 0 unspecified atom stereocenters. The first kappa shape index (κ1) is 41.8. The van der Waals surface area contributed by atoms with E-state index in [9.17, 15) is 0 Å². The van der Waals surface area contributed by atoms with Gasteiger partial charge >= 0.3 is 0 Å². The zero-order valence-electron chi connectivity index (χ0n) is 41.7. The van der Waals surface area contributed by atoms with E-state index in [1.807, 2.05) is 0 Å². The summed E-state index contributed by atoms with van der Waals surface area (Å²) >= 11 is 0. The number of fused-ring (bicyclic) bond motifs is 21. The molecule has 5 aromatic heterocycles. The average Bonchev–Trinajstić information content (AvgIpc) is 4.45. The summed E-state index contributed by atoms with van der Waals surface area (Å²) < 4.78 is 23.0. The van der Waals surface area contributed by atoms with Crippen molar-refractivity contribution in [3.8, 4) is 0 Å². The SMILES string of the molecule is c1ccc(N(c2ccc3c(c2)oc2cc4c(ccc5c4c4ccc(N(c6ccccc6)c6ccc7c(c6)oc6c8ccccc8ccc76)c6c7ccccc7n5c46)cc23)c2ccc3c(c2)oc2c4ccccc4ccc32)cc1. The zero-order chi connectivity index (χ0) is 50.7. The second kappa shape index (κ2) is 15.5. The van der Waals surface area contributed by atoms with Gasteiger partial charge in [-0.25, -0.2) is 0 Å². The molecule has 18 aromatic rings. The molecule has 0 fully saturated rings. The van der Waals surface area contributed by atoms with Crippen LogP contribution in [0.1, 0.15) is 0 Å². The number of nitrogens with zero attached hydrogens (tertiary/aromatic N) is 3. The number of hydrogen-bond donors (Lipinski definition) is 0. The van der Waals surface area contributed by atoms with E-state index in [4.69, 9.17) is 13.3 Å². The number of benzene rings is 13. The number of furan rings is 3. The first-order valence-corrected chi connectivity index (χ1v) is 26.6. The molecule has 13 aromatic carbocycles. The molecule has 0 bridgehead atoms. The first-order valence-electron chi connectivity index (χ1n) is 26.6. The quantitative estimate of drug-likeness (QED) is 0.166. The highest BCUT2D eigenvalue weighted by Crippen LogP contribution is 2.50. The molecule has 0 aliphatic carbocycles. The molecule has 0 spiro atoms. The summed E-state index contributed by atoms with van der Waals surface area (Å²) in [6, 6.07) is 89.3. The Morgan fingerprint density at radius 1 is 0.256 bits per heavy atom. The number of aromatic nitrogens is 1. The van der Waals surface area contributed by atoms with Gasteiger partial charge in [-0.15, -0.1) is 0 Å². The van der Waals surface area contributed by atoms with Gasteiger partial charge in [0.1, 0.15) is 33.5 Å². The Morgan fingerprint density at radius 2 is 0.744 bits per heavy atom. The summed E-state index contributed by atoms with van der Waals surface area (Å²) in [7, 11) is 0. The second-order valence-corrected chi connectivity index (χ2v) is 20.8. The largest absolute Gasteiger partial charge is 0.456 e. The third-order valence-corrected chi connectivity index (χ3v) is 16.6. The Bertz CT molecular complexity index is 5530. The normalized spacial score (nSPS) is 12.4. The highest BCUT2D eigenvalue weighted by molar-refractivity contribution is 6.32. The molecular formula is C72H41N3O3. The van der Waals surface area contributed by atoms with Crippen LogP contribution in [0.15, 0.2) is 262 Å². The van der Waals surface area contributed by atoms with Gasteiger partial charge in [0.15, 0.2) is 0 Å². The van der Waals surface area contributed by atoms with Crippen molar-refractivity contribution in [2.75, 3.05) is 9.80 Å². The number of hydrogen-bond acceptors (Lipinski definition) is 5. The number of para-hydroxylation sites is 3. The predicted molar refractivity (Wildman–Crippen MR) is 325 cm³/mol. The molecule has 6 heteroatoms. The minimum atomic E-state index is 0.825. The molecule has 362 valence electrons.